The lowest BCUT2D eigenvalue weighted by Crippen LogP contribution is -2.49. The Hall–Kier alpha value is -2.15. The van der Waals surface area contributed by atoms with E-state index < -0.39 is 0 Å². The van der Waals surface area contributed by atoms with Crippen LogP contribution in [0.5, 0.6) is 11.5 Å². The minimum atomic E-state index is 0.489. The van der Waals surface area contributed by atoms with Gasteiger partial charge in [0.15, 0.2) is 11.5 Å². The van der Waals surface area contributed by atoms with Gasteiger partial charge in [0.25, 0.3) is 0 Å². The highest BCUT2D eigenvalue weighted by Gasteiger charge is 2.28. The topological polar surface area (TPSA) is 49.9 Å². The summed E-state index contributed by atoms with van der Waals surface area (Å²) in [6, 6.07) is 10.9. The molecule has 0 spiro atoms. The number of hydrogen-bond acceptors (Lipinski definition) is 6. The minimum Gasteiger partial charge on any atom is -0.493 e. The van der Waals surface area contributed by atoms with Crippen LogP contribution in [0.2, 0.25) is 0 Å². The number of nitrogens with one attached hydrogen (secondary N) is 1. The molecule has 3 heterocycles. The predicted molar refractivity (Wildman–Crippen MR) is 110 cm³/mol. The number of pyridine rings is 1. The third-order valence-electron chi connectivity index (χ3n) is 5.67. The summed E-state index contributed by atoms with van der Waals surface area (Å²) >= 11 is 0. The second-order valence-corrected chi connectivity index (χ2v) is 7.60. The van der Waals surface area contributed by atoms with Crippen molar-refractivity contribution in [2.75, 3.05) is 46.4 Å². The summed E-state index contributed by atoms with van der Waals surface area (Å²) in [5.41, 5.74) is 2.32. The van der Waals surface area contributed by atoms with Gasteiger partial charge >= 0.3 is 0 Å². The van der Waals surface area contributed by atoms with E-state index in [0.29, 0.717) is 12.6 Å². The predicted octanol–water partition coefficient (Wildman–Crippen LogP) is 2.15. The van der Waals surface area contributed by atoms with E-state index in [9.17, 15) is 0 Å². The molecule has 2 fully saturated rings. The van der Waals surface area contributed by atoms with Crippen LogP contribution in [0.3, 0.4) is 0 Å². The Morgan fingerprint density at radius 1 is 1.11 bits per heavy atom. The molecule has 2 saturated heterocycles. The van der Waals surface area contributed by atoms with Crippen LogP contribution in [-0.4, -0.2) is 67.2 Å². The van der Waals surface area contributed by atoms with Gasteiger partial charge in [0, 0.05) is 69.8 Å². The first-order valence-corrected chi connectivity index (χ1v) is 10.2. The summed E-state index contributed by atoms with van der Waals surface area (Å²) < 4.78 is 11.5. The molecule has 4 rings (SSSR count). The number of aromatic nitrogens is 1. The van der Waals surface area contributed by atoms with E-state index >= 15 is 0 Å². The fourth-order valence-corrected chi connectivity index (χ4v) is 4.14. The molecule has 1 N–H and O–H groups in total. The van der Waals surface area contributed by atoms with E-state index in [4.69, 9.17) is 9.47 Å². The summed E-state index contributed by atoms with van der Waals surface area (Å²) in [5, 5.41) is 3.45. The quantitative estimate of drug-likeness (QED) is 0.792. The Morgan fingerprint density at radius 2 is 2.00 bits per heavy atom. The Balaban J connectivity index is 1.36. The SMILES string of the molecule is COc1ccc(CN2CCC(N3CCNCC3)C2)cc1OCc1cccnc1. The maximum atomic E-state index is 6.04. The molecule has 0 amide bonds. The lowest BCUT2D eigenvalue weighted by atomic mass is 10.2. The van der Waals surface area contributed by atoms with E-state index in [2.05, 4.69) is 32.2 Å². The first-order chi connectivity index (χ1) is 13.8. The number of likely N-dealkylation sites (tertiary alicyclic amines) is 1. The van der Waals surface area contributed by atoms with Crippen molar-refractivity contribution in [1.29, 1.82) is 0 Å². The van der Waals surface area contributed by atoms with Crippen LogP contribution >= 0.6 is 0 Å². The van der Waals surface area contributed by atoms with E-state index in [1.165, 1.54) is 25.1 Å². The molecule has 2 aliphatic rings. The highest BCUT2D eigenvalue weighted by molar-refractivity contribution is 5.43. The number of benzene rings is 1. The lowest BCUT2D eigenvalue weighted by molar-refractivity contribution is 0.170. The Labute approximate surface area is 167 Å². The van der Waals surface area contributed by atoms with Crippen LogP contribution in [0, 0.1) is 0 Å². The summed E-state index contributed by atoms with van der Waals surface area (Å²) in [7, 11) is 1.69. The number of nitrogens with zero attached hydrogens (tertiary/aromatic N) is 3. The van der Waals surface area contributed by atoms with Crippen molar-refractivity contribution < 1.29 is 9.47 Å². The summed E-state index contributed by atoms with van der Waals surface area (Å²) in [5.74, 6) is 1.56. The van der Waals surface area contributed by atoms with Gasteiger partial charge in [0.1, 0.15) is 6.61 Å². The van der Waals surface area contributed by atoms with Gasteiger partial charge in [0.05, 0.1) is 7.11 Å². The molecule has 150 valence electrons. The zero-order valence-corrected chi connectivity index (χ0v) is 16.6. The van der Waals surface area contributed by atoms with E-state index in [1.807, 2.05) is 24.4 Å². The standard InChI is InChI=1S/C22H30N4O2/c1-27-21-5-4-18(13-22(21)28-17-19-3-2-7-24-14-19)15-25-10-6-20(16-25)26-11-8-23-9-12-26/h2-5,7,13-14,20,23H,6,8-12,15-17H2,1H3. The van der Waals surface area contributed by atoms with E-state index in [0.717, 1.165) is 49.8 Å². The number of hydrogen-bond donors (Lipinski definition) is 1. The minimum absolute atomic E-state index is 0.489. The highest BCUT2D eigenvalue weighted by Crippen LogP contribution is 2.30. The summed E-state index contributed by atoms with van der Waals surface area (Å²) in [4.78, 5) is 9.35. The van der Waals surface area contributed by atoms with Gasteiger partial charge in [-0.1, -0.05) is 12.1 Å². The molecule has 0 aliphatic carbocycles. The van der Waals surface area contributed by atoms with Crippen molar-refractivity contribution in [2.24, 2.45) is 0 Å². The van der Waals surface area contributed by atoms with Gasteiger partial charge in [-0.2, -0.15) is 0 Å². The van der Waals surface area contributed by atoms with Crippen molar-refractivity contribution in [2.45, 2.75) is 25.6 Å². The van der Waals surface area contributed by atoms with Crippen LogP contribution in [0.25, 0.3) is 0 Å². The molecular weight excluding hydrogens is 352 g/mol. The number of piperazine rings is 1. The average Bonchev–Trinajstić information content (AvgIpc) is 3.22. The largest absolute Gasteiger partial charge is 0.493 e. The van der Waals surface area contributed by atoms with Gasteiger partial charge in [-0.05, 0) is 30.2 Å². The number of methoxy groups -OCH3 is 1. The van der Waals surface area contributed by atoms with Gasteiger partial charge in [0.2, 0.25) is 0 Å². The Bertz CT molecular complexity index is 749. The third kappa shape index (κ3) is 4.82. The summed E-state index contributed by atoms with van der Waals surface area (Å²) in [6.45, 7) is 8.34. The number of rotatable bonds is 7. The zero-order chi connectivity index (χ0) is 19.2. The van der Waals surface area contributed by atoms with Crippen LogP contribution < -0.4 is 14.8 Å². The van der Waals surface area contributed by atoms with Gasteiger partial charge in [-0.25, -0.2) is 0 Å². The monoisotopic (exact) mass is 382 g/mol. The first-order valence-electron chi connectivity index (χ1n) is 10.2. The van der Waals surface area contributed by atoms with Gasteiger partial charge in [-0.15, -0.1) is 0 Å². The molecule has 0 radical (unpaired) electrons. The first kappa shape index (κ1) is 19.2. The van der Waals surface area contributed by atoms with E-state index in [1.54, 1.807) is 13.3 Å². The lowest BCUT2D eigenvalue weighted by Gasteiger charge is -2.32. The molecule has 2 aromatic rings. The normalized spacial score (nSPS) is 21.0. The molecular formula is C22H30N4O2. The highest BCUT2D eigenvalue weighted by atomic mass is 16.5. The van der Waals surface area contributed by atoms with Crippen molar-refractivity contribution >= 4 is 0 Å². The molecule has 6 nitrogen and oxygen atoms in total. The van der Waals surface area contributed by atoms with Crippen molar-refractivity contribution in [3.05, 3.63) is 53.9 Å². The molecule has 28 heavy (non-hydrogen) atoms. The van der Waals surface area contributed by atoms with E-state index in [-0.39, 0.29) is 0 Å². The molecule has 2 aliphatic heterocycles. The second-order valence-electron chi connectivity index (χ2n) is 7.60. The smallest absolute Gasteiger partial charge is 0.161 e. The third-order valence-corrected chi connectivity index (χ3v) is 5.67. The fourth-order valence-electron chi connectivity index (χ4n) is 4.14. The fraction of sp³-hybridized carbons (Fsp3) is 0.500. The van der Waals surface area contributed by atoms with Gasteiger partial charge in [-0.3, -0.25) is 14.8 Å². The maximum absolute atomic E-state index is 6.04. The Kier molecular flexibility index (Phi) is 6.41. The maximum Gasteiger partial charge on any atom is 0.161 e. The Morgan fingerprint density at radius 3 is 2.79 bits per heavy atom. The van der Waals surface area contributed by atoms with Crippen molar-refractivity contribution in [1.82, 2.24) is 20.1 Å². The molecule has 1 unspecified atom stereocenters. The molecule has 1 aromatic carbocycles. The van der Waals surface area contributed by atoms with Gasteiger partial charge < -0.3 is 14.8 Å². The zero-order valence-electron chi connectivity index (χ0n) is 16.6. The summed E-state index contributed by atoms with van der Waals surface area (Å²) in [6.07, 6.45) is 4.87. The number of ether oxygens (including phenoxy) is 2. The molecule has 6 heteroatoms. The molecule has 0 bridgehead atoms. The van der Waals surface area contributed by atoms with Crippen LogP contribution in [-0.2, 0) is 13.2 Å². The molecule has 0 saturated carbocycles. The van der Waals surface area contributed by atoms with Crippen LogP contribution in [0.15, 0.2) is 42.7 Å². The second kappa shape index (κ2) is 9.37. The van der Waals surface area contributed by atoms with Crippen molar-refractivity contribution in [3.8, 4) is 11.5 Å². The van der Waals surface area contributed by atoms with Crippen molar-refractivity contribution in [3.63, 3.8) is 0 Å². The molecule has 1 aromatic heterocycles. The van der Waals surface area contributed by atoms with Crippen LogP contribution in [0.4, 0.5) is 0 Å². The average molecular weight is 383 g/mol. The molecule has 1 atom stereocenters. The van der Waals surface area contributed by atoms with Crippen LogP contribution in [0.1, 0.15) is 17.5 Å².